The van der Waals surface area contributed by atoms with E-state index in [0.29, 0.717) is 12.2 Å². The summed E-state index contributed by atoms with van der Waals surface area (Å²) >= 11 is 0. The van der Waals surface area contributed by atoms with Crippen LogP contribution in [0.25, 0.3) is 0 Å². The fraction of sp³-hybridized carbons (Fsp3) is 0.385. The van der Waals surface area contributed by atoms with E-state index in [0.717, 1.165) is 6.54 Å². The molecule has 0 atom stereocenters. The van der Waals surface area contributed by atoms with E-state index in [4.69, 9.17) is 0 Å². The summed E-state index contributed by atoms with van der Waals surface area (Å²) in [5.74, 6) is 0. The quantitative estimate of drug-likeness (QED) is 0.796. The van der Waals surface area contributed by atoms with E-state index in [2.05, 4.69) is 15.4 Å². The lowest BCUT2D eigenvalue weighted by atomic mass is 10.3. The molecule has 7 nitrogen and oxygen atoms in total. The maximum atomic E-state index is 12.5. The summed E-state index contributed by atoms with van der Waals surface area (Å²) in [7, 11) is -0.180. The number of nitrogens with one attached hydrogen (secondary N) is 1. The molecule has 2 rings (SSSR count). The van der Waals surface area contributed by atoms with Gasteiger partial charge in [-0.1, -0.05) is 6.07 Å². The van der Waals surface area contributed by atoms with Crippen molar-refractivity contribution in [1.29, 1.82) is 0 Å². The average molecular weight is 309 g/mol. The van der Waals surface area contributed by atoms with Crippen molar-refractivity contribution in [2.75, 3.05) is 20.6 Å². The number of rotatable bonds is 7. The van der Waals surface area contributed by atoms with Gasteiger partial charge in [-0.05, 0) is 19.2 Å². The Morgan fingerprint density at radius 1 is 1.38 bits per heavy atom. The van der Waals surface area contributed by atoms with Crippen LogP contribution in [0.4, 0.5) is 0 Å². The van der Waals surface area contributed by atoms with Gasteiger partial charge in [-0.15, -0.1) is 0 Å². The first-order valence-corrected chi connectivity index (χ1v) is 8.01. The predicted octanol–water partition coefficient (Wildman–Crippen LogP) is 0.318. The van der Waals surface area contributed by atoms with Gasteiger partial charge in [0.05, 0.1) is 25.0 Å². The van der Waals surface area contributed by atoms with Crippen molar-refractivity contribution in [1.82, 2.24) is 24.4 Å². The van der Waals surface area contributed by atoms with E-state index in [-0.39, 0.29) is 11.4 Å². The molecule has 0 unspecified atom stereocenters. The fourth-order valence-electron chi connectivity index (χ4n) is 1.81. The lowest BCUT2D eigenvalue weighted by molar-refractivity contribution is 0.462. The first kappa shape index (κ1) is 15.6. The standard InChI is InChI=1S/C13H19N5O2S/c1-14-7-8-18-11-13(9-16-18)21(19,20)17(2)10-12-5-3-4-6-15-12/h3-6,9,11,14H,7-8,10H2,1-2H3. The van der Waals surface area contributed by atoms with Crippen molar-refractivity contribution in [3.63, 3.8) is 0 Å². The van der Waals surface area contributed by atoms with Crippen molar-refractivity contribution in [2.45, 2.75) is 18.0 Å². The van der Waals surface area contributed by atoms with E-state index >= 15 is 0 Å². The maximum Gasteiger partial charge on any atom is 0.246 e. The second kappa shape index (κ2) is 6.79. The van der Waals surface area contributed by atoms with Gasteiger partial charge in [-0.3, -0.25) is 9.67 Å². The van der Waals surface area contributed by atoms with Crippen molar-refractivity contribution >= 4 is 10.0 Å². The van der Waals surface area contributed by atoms with Gasteiger partial charge < -0.3 is 5.32 Å². The topological polar surface area (TPSA) is 80.1 Å². The van der Waals surface area contributed by atoms with Gasteiger partial charge in [0.1, 0.15) is 4.90 Å². The number of likely N-dealkylation sites (N-methyl/N-ethyl adjacent to an activating group) is 1. The highest BCUT2D eigenvalue weighted by Crippen LogP contribution is 2.15. The van der Waals surface area contributed by atoms with Gasteiger partial charge in [0.25, 0.3) is 0 Å². The SMILES string of the molecule is CNCCn1cc(S(=O)(=O)N(C)Cc2ccccn2)cn1. The molecule has 2 aromatic heterocycles. The minimum atomic E-state index is -3.55. The normalized spacial score (nSPS) is 12.0. The monoisotopic (exact) mass is 309 g/mol. The Labute approximate surface area is 124 Å². The minimum Gasteiger partial charge on any atom is -0.318 e. The third-order valence-corrected chi connectivity index (χ3v) is 4.78. The van der Waals surface area contributed by atoms with E-state index < -0.39 is 10.0 Å². The predicted molar refractivity (Wildman–Crippen MR) is 79.0 cm³/mol. The van der Waals surface area contributed by atoms with Crippen molar-refractivity contribution < 1.29 is 8.42 Å². The third-order valence-electron chi connectivity index (χ3n) is 3.02. The zero-order chi connectivity index (χ0) is 15.3. The first-order valence-electron chi connectivity index (χ1n) is 6.57. The van der Waals surface area contributed by atoms with Crippen LogP contribution in [0, 0.1) is 0 Å². The van der Waals surface area contributed by atoms with Crippen LogP contribution in [0.2, 0.25) is 0 Å². The molecular formula is C13H19N5O2S. The van der Waals surface area contributed by atoms with Gasteiger partial charge >= 0.3 is 0 Å². The number of hydrogen-bond donors (Lipinski definition) is 1. The van der Waals surface area contributed by atoms with Crippen LogP contribution >= 0.6 is 0 Å². The summed E-state index contributed by atoms with van der Waals surface area (Å²) in [6.07, 6.45) is 4.56. The Morgan fingerprint density at radius 2 is 2.19 bits per heavy atom. The third kappa shape index (κ3) is 3.87. The molecule has 8 heteroatoms. The number of nitrogens with zero attached hydrogens (tertiary/aromatic N) is 4. The van der Waals surface area contributed by atoms with Gasteiger partial charge in [-0.25, -0.2) is 8.42 Å². The highest BCUT2D eigenvalue weighted by atomic mass is 32.2. The molecule has 0 spiro atoms. The Kier molecular flexibility index (Phi) is 5.05. The van der Waals surface area contributed by atoms with E-state index in [1.165, 1.54) is 17.5 Å². The molecule has 0 fully saturated rings. The lowest BCUT2D eigenvalue weighted by Gasteiger charge is -2.15. The fourth-order valence-corrected chi connectivity index (χ4v) is 2.91. The smallest absolute Gasteiger partial charge is 0.246 e. The number of aromatic nitrogens is 3. The molecular weight excluding hydrogens is 290 g/mol. The Morgan fingerprint density at radius 3 is 2.86 bits per heavy atom. The molecule has 0 amide bonds. The van der Waals surface area contributed by atoms with Crippen LogP contribution in [0.3, 0.4) is 0 Å². The first-order chi connectivity index (χ1) is 10.0. The van der Waals surface area contributed by atoms with Crippen LogP contribution in [0.15, 0.2) is 41.7 Å². The Balaban J connectivity index is 2.11. The lowest BCUT2D eigenvalue weighted by Crippen LogP contribution is -2.26. The van der Waals surface area contributed by atoms with Crippen molar-refractivity contribution in [3.05, 3.63) is 42.5 Å². The highest BCUT2D eigenvalue weighted by Gasteiger charge is 2.23. The summed E-state index contributed by atoms with van der Waals surface area (Å²) in [6, 6.07) is 5.42. The number of hydrogen-bond acceptors (Lipinski definition) is 5. The van der Waals surface area contributed by atoms with E-state index in [1.807, 2.05) is 13.1 Å². The van der Waals surface area contributed by atoms with Crippen LogP contribution in [-0.2, 0) is 23.1 Å². The van der Waals surface area contributed by atoms with Crippen LogP contribution < -0.4 is 5.32 Å². The molecule has 21 heavy (non-hydrogen) atoms. The van der Waals surface area contributed by atoms with Crippen LogP contribution in [-0.4, -0.2) is 48.1 Å². The summed E-state index contributed by atoms with van der Waals surface area (Å²) in [6.45, 7) is 1.58. The number of sulfonamides is 1. The minimum absolute atomic E-state index is 0.192. The van der Waals surface area contributed by atoms with Gasteiger partial charge in [0.15, 0.2) is 0 Å². The molecule has 0 saturated heterocycles. The van der Waals surface area contributed by atoms with Gasteiger partial charge in [0, 0.05) is 26.0 Å². The van der Waals surface area contributed by atoms with Crippen molar-refractivity contribution in [2.24, 2.45) is 0 Å². The van der Waals surface area contributed by atoms with Gasteiger partial charge in [-0.2, -0.15) is 9.40 Å². The van der Waals surface area contributed by atoms with E-state index in [1.54, 1.807) is 29.2 Å². The summed E-state index contributed by atoms with van der Waals surface area (Å²) in [4.78, 5) is 4.33. The zero-order valence-corrected chi connectivity index (χ0v) is 12.9. The molecule has 0 aliphatic heterocycles. The summed E-state index contributed by atoms with van der Waals surface area (Å²) in [5, 5.41) is 7.06. The average Bonchev–Trinajstić information content (AvgIpc) is 2.95. The second-order valence-electron chi connectivity index (χ2n) is 4.62. The Bertz CT molecular complexity index is 669. The largest absolute Gasteiger partial charge is 0.318 e. The highest BCUT2D eigenvalue weighted by molar-refractivity contribution is 7.89. The Hall–Kier alpha value is -1.77. The molecule has 0 bridgehead atoms. The van der Waals surface area contributed by atoms with Crippen molar-refractivity contribution in [3.8, 4) is 0 Å². The molecule has 0 saturated carbocycles. The van der Waals surface area contributed by atoms with Crippen LogP contribution in [0.5, 0.6) is 0 Å². The molecule has 114 valence electrons. The zero-order valence-electron chi connectivity index (χ0n) is 12.1. The molecule has 0 aromatic carbocycles. The summed E-state index contributed by atoms with van der Waals surface area (Å²) < 4.78 is 27.8. The maximum absolute atomic E-state index is 12.5. The van der Waals surface area contributed by atoms with Crippen LogP contribution in [0.1, 0.15) is 5.69 Å². The molecule has 0 aliphatic rings. The molecule has 2 aromatic rings. The van der Waals surface area contributed by atoms with E-state index in [9.17, 15) is 8.42 Å². The second-order valence-corrected chi connectivity index (χ2v) is 6.67. The summed E-state index contributed by atoms with van der Waals surface area (Å²) in [5.41, 5.74) is 0.700. The molecule has 2 heterocycles. The number of pyridine rings is 1. The van der Waals surface area contributed by atoms with Gasteiger partial charge in [0.2, 0.25) is 10.0 Å². The molecule has 0 radical (unpaired) electrons. The molecule has 1 N–H and O–H groups in total. The molecule has 0 aliphatic carbocycles.